The molecule has 0 aliphatic heterocycles. The van der Waals surface area contributed by atoms with E-state index in [4.69, 9.17) is 4.74 Å². The van der Waals surface area contributed by atoms with Gasteiger partial charge < -0.3 is 29.6 Å². The molecule has 0 amide bonds. The first kappa shape index (κ1) is 17.2. The van der Waals surface area contributed by atoms with Crippen LogP contribution in [0.1, 0.15) is 45.4 Å². The zero-order valence-corrected chi connectivity index (χ0v) is 13.4. The molecule has 0 aromatic heterocycles. The predicted octanol–water partition coefficient (Wildman–Crippen LogP) is 0.199. The topological polar surface area (TPSA) is 9.23 Å². The minimum Gasteiger partial charge on any atom is -0.514 e. The van der Waals surface area contributed by atoms with Crippen molar-refractivity contribution in [2.45, 2.75) is 45.4 Å². The van der Waals surface area contributed by atoms with Gasteiger partial charge in [0.25, 0.3) is 0 Å². The number of thiocarbonyl (C=S) groups is 1. The zero-order valence-electron chi connectivity index (χ0n) is 8.67. The van der Waals surface area contributed by atoms with E-state index in [1.165, 1.54) is 32.1 Å². The maximum atomic E-state index is 4.99. The van der Waals surface area contributed by atoms with Gasteiger partial charge in [0, 0.05) is 4.38 Å². The fourth-order valence-corrected chi connectivity index (χ4v) is 1.20. The monoisotopic (exact) mass is 244 g/mol. The summed E-state index contributed by atoms with van der Waals surface area (Å²) in [4.78, 5) is 0. The SMILES string of the molecule is CCCCCCCCOC(=S)[S-].[K+]. The summed E-state index contributed by atoms with van der Waals surface area (Å²) in [6.07, 6.45) is 7.61. The molecular formula is C9H17KOS2. The van der Waals surface area contributed by atoms with Crippen LogP contribution in [0.25, 0.3) is 0 Å². The second-order valence-corrected chi connectivity index (χ2v) is 3.87. The Labute approximate surface area is 135 Å². The summed E-state index contributed by atoms with van der Waals surface area (Å²) in [7, 11) is 0. The molecule has 0 aromatic carbocycles. The molecule has 1 nitrogen and oxygen atoms in total. The van der Waals surface area contributed by atoms with Crippen LogP contribution >= 0.6 is 12.2 Å². The number of hydrogen-bond acceptors (Lipinski definition) is 3. The number of unbranched alkanes of at least 4 members (excludes halogenated alkanes) is 5. The molecule has 13 heavy (non-hydrogen) atoms. The molecule has 0 bridgehead atoms. The summed E-state index contributed by atoms with van der Waals surface area (Å²) in [6.45, 7) is 2.92. The molecule has 0 spiro atoms. The Morgan fingerprint density at radius 1 is 1.15 bits per heavy atom. The van der Waals surface area contributed by atoms with Gasteiger partial charge in [0.2, 0.25) is 0 Å². The summed E-state index contributed by atoms with van der Waals surface area (Å²) in [5.74, 6) is 0. The molecule has 0 fully saturated rings. The van der Waals surface area contributed by atoms with E-state index in [2.05, 4.69) is 31.8 Å². The van der Waals surface area contributed by atoms with Crippen molar-refractivity contribution in [2.24, 2.45) is 0 Å². The Bertz CT molecular complexity index is 120. The van der Waals surface area contributed by atoms with E-state index in [9.17, 15) is 0 Å². The first-order valence-corrected chi connectivity index (χ1v) is 5.42. The van der Waals surface area contributed by atoms with Crippen LogP contribution in [0, 0.1) is 0 Å². The van der Waals surface area contributed by atoms with Crippen molar-refractivity contribution >= 4 is 29.2 Å². The molecule has 0 unspecified atom stereocenters. The summed E-state index contributed by atoms with van der Waals surface area (Å²) in [5.41, 5.74) is 0. The van der Waals surface area contributed by atoms with Crippen LogP contribution in [-0.4, -0.2) is 11.0 Å². The fraction of sp³-hybridized carbons (Fsp3) is 0.889. The Morgan fingerprint density at radius 3 is 2.23 bits per heavy atom. The molecule has 72 valence electrons. The largest absolute Gasteiger partial charge is 1.00 e. The van der Waals surface area contributed by atoms with Crippen molar-refractivity contribution in [1.82, 2.24) is 0 Å². The normalized spacial score (nSPS) is 9.00. The molecule has 0 aliphatic carbocycles. The van der Waals surface area contributed by atoms with Crippen molar-refractivity contribution in [3.05, 3.63) is 0 Å². The summed E-state index contributed by atoms with van der Waals surface area (Å²) >= 11 is 9.22. The van der Waals surface area contributed by atoms with Gasteiger partial charge in [0.05, 0.1) is 6.61 Å². The van der Waals surface area contributed by atoms with E-state index in [0.717, 1.165) is 6.42 Å². The standard InChI is InChI=1S/C9H18OS2.K/c1-2-3-4-5-6-7-8-10-9(11)12;/h2-8H2,1H3,(H,11,12);/q;+1/p-1. The van der Waals surface area contributed by atoms with E-state index in [1.54, 1.807) is 0 Å². The maximum Gasteiger partial charge on any atom is 1.00 e. The van der Waals surface area contributed by atoms with Crippen LogP contribution in [-0.2, 0) is 17.4 Å². The van der Waals surface area contributed by atoms with E-state index in [1.807, 2.05) is 0 Å². The maximum absolute atomic E-state index is 4.99. The first-order chi connectivity index (χ1) is 5.77. The van der Waals surface area contributed by atoms with Crippen LogP contribution in [0.2, 0.25) is 0 Å². The van der Waals surface area contributed by atoms with Crippen molar-refractivity contribution in [2.75, 3.05) is 6.61 Å². The predicted molar refractivity (Wildman–Crippen MR) is 59.3 cm³/mol. The van der Waals surface area contributed by atoms with Gasteiger partial charge in [-0.2, -0.15) is 0 Å². The third kappa shape index (κ3) is 16.4. The molecule has 0 saturated carbocycles. The van der Waals surface area contributed by atoms with Gasteiger partial charge in [-0.1, -0.05) is 39.0 Å². The Morgan fingerprint density at radius 2 is 1.69 bits per heavy atom. The molecule has 0 heterocycles. The Balaban J connectivity index is 0. The fourth-order valence-electron chi connectivity index (χ4n) is 1.04. The second-order valence-electron chi connectivity index (χ2n) is 2.87. The van der Waals surface area contributed by atoms with E-state index in [0.29, 0.717) is 6.61 Å². The molecule has 0 aliphatic rings. The van der Waals surface area contributed by atoms with Crippen LogP contribution in [0.15, 0.2) is 0 Å². The summed E-state index contributed by atoms with van der Waals surface area (Å²) in [5, 5.41) is 0. The van der Waals surface area contributed by atoms with Crippen LogP contribution < -0.4 is 51.4 Å². The minimum atomic E-state index is 0. The summed E-state index contributed by atoms with van der Waals surface area (Å²) in [6, 6.07) is 0. The third-order valence-electron chi connectivity index (χ3n) is 1.72. The van der Waals surface area contributed by atoms with Gasteiger partial charge in [-0.05, 0) is 6.42 Å². The second kappa shape index (κ2) is 13.7. The van der Waals surface area contributed by atoms with Crippen LogP contribution in [0.3, 0.4) is 0 Å². The van der Waals surface area contributed by atoms with E-state index >= 15 is 0 Å². The van der Waals surface area contributed by atoms with Crippen molar-refractivity contribution in [1.29, 1.82) is 0 Å². The van der Waals surface area contributed by atoms with Crippen LogP contribution in [0.4, 0.5) is 0 Å². The molecular weight excluding hydrogens is 227 g/mol. The number of ether oxygens (including phenoxy) is 1. The third-order valence-corrected chi connectivity index (χ3v) is 1.95. The van der Waals surface area contributed by atoms with Gasteiger partial charge in [0.1, 0.15) is 0 Å². The average molecular weight is 244 g/mol. The average Bonchev–Trinajstić information content (AvgIpc) is 2.02. The number of rotatable bonds is 7. The van der Waals surface area contributed by atoms with Crippen molar-refractivity contribution in [3.63, 3.8) is 0 Å². The molecule has 4 heteroatoms. The molecule has 0 atom stereocenters. The zero-order chi connectivity index (χ0) is 9.23. The number of hydrogen-bond donors (Lipinski definition) is 0. The van der Waals surface area contributed by atoms with E-state index < -0.39 is 0 Å². The summed E-state index contributed by atoms with van der Waals surface area (Å²) < 4.78 is 5.25. The van der Waals surface area contributed by atoms with Gasteiger partial charge in [-0.25, -0.2) is 0 Å². The molecule has 0 saturated heterocycles. The molecule has 0 radical (unpaired) electrons. The minimum absolute atomic E-state index is 0. The van der Waals surface area contributed by atoms with Gasteiger partial charge in [0.15, 0.2) is 0 Å². The Hall–Kier alpha value is 1.75. The van der Waals surface area contributed by atoms with E-state index in [-0.39, 0.29) is 55.8 Å². The first-order valence-electron chi connectivity index (χ1n) is 4.61. The quantitative estimate of drug-likeness (QED) is 0.274. The van der Waals surface area contributed by atoms with Gasteiger partial charge in [-0.3, -0.25) is 0 Å². The van der Waals surface area contributed by atoms with Crippen LogP contribution in [0.5, 0.6) is 0 Å². The van der Waals surface area contributed by atoms with Crippen molar-refractivity contribution < 1.29 is 56.1 Å². The van der Waals surface area contributed by atoms with Crippen molar-refractivity contribution in [3.8, 4) is 0 Å². The molecule has 0 rings (SSSR count). The van der Waals surface area contributed by atoms with Gasteiger partial charge >= 0.3 is 51.4 Å². The van der Waals surface area contributed by atoms with Gasteiger partial charge in [-0.15, -0.1) is 0 Å². The Kier molecular flexibility index (Phi) is 18.1. The molecule has 0 aromatic rings. The molecule has 0 N–H and O–H groups in total. The smallest absolute Gasteiger partial charge is 0.514 e.